The van der Waals surface area contributed by atoms with Crippen molar-refractivity contribution in [2.75, 3.05) is 13.2 Å². The number of aliphatic hydroxyl groups is 1. The van der Waals surface area contributed by atoms with Crippen LogP contribution in [0.1, 0.15) is 30.6 Å². The molecule has 2 aromatic rings. The molecular formula is C16H23N3O2. The van der Waals surface area contributed by atoms with Crippen LogP contribution in [0.5, 0.6) is 0 Å². The van der Waals surface area contributed by atoms with E-state index < -0.39 is 0 Å². The van der Waals surface area contributed by atoms with Gasteiger partial charge < -0.3 is 14.8 Å². The highest BCUT2D eigenvalue weighted by molar-refractivity contribution is 5.56. The van der Waals surface area contributed by atoms with Crippen LogP contribution in [0.2, 0.25) is 0 Å². The zero-order valence-electron chi connectivity index (χ0n) is 12.4. The molecule has 2 atom stereocenters. The van der Waals surface area contributed by atoms with Gasteiger partial charge in [0.25, 0.3) is 0 Å². The summed E-state index contributed by atoms with van der Waals surface area (Å²) in [6.45, 7) is 3.97. The predicted octanol–water partition coefficient (Wildman–Crippen LogP) is 2.48. The lowest BCUT2D eigenvalue weighted by Gasteiger charge is -2.17. The van der Waals surface area contributed by atoms with E-state index in [1.807, 2.05) is 25.3 Å². The number of rotatable bonds is 6. The molecule has 0 bridgehead atoms. The molecule has 0 amide bonds. The second kappa shape index (κ2) is 6.45. The molecule has 5 heteroatoms. The summed E-state index contributed by atoms with van der Waals surface area (Å²) in [5.41, 5.74) is 2.06. The molecule has 21 heavy (non-hydrogen) atoms. The van der Waals surface area contributed by atoms with Crippen LogP contribution in [-0.4, -0.2) is 28.5 Å². The molecule has 0 aromatic carbocycles. The Morgan fingerprint density at radius 3 is 3.00 bits per heavy atom. The van der Waals surface area contributed by atoms with Crippen LogP contribution in [-0.2, 0) is 6.54 Å². The van der Waals surface area contributed by atoms with Crippen molar-refractivity contribution in [3.63, 3.8) is 0 Å². The number of nitrogens with one attached hydrogen (secondary N) is 2. The van der Waals surface area contributed by atoms with Crippen LogP contribution in [0.25, 0.3) is 11.5 Å². The van der Waals surface area contributed by atoms with E-state index in [2.05, 4.69) is 15.5 Å². The van der Waals surface area contributed by atoms with Gasteiger partial charge in [-0.25, -0.2) is 0 Å². The summed E-state index contributed by atoms with van der Waals surface area (Å²) in [6.07, 6.45) is 5.46. The molecule has 0 spiro atoms. The summed E-state index contributed by atoms with van der Waals surface area (Å²) in [5.74, 6) is 2.79. The van der Waals surface area contributed by atoms with Gasteiger partial charge in [0.15, 0.2) is 5.76 Å². The fourth-order valence-corrected chi connectivity index (χ4v) is 3.24. The van der Waals surface area contributed by atoms with Gasteiger partial charge >= 0.3 is 0 Å². The normalized spacial score (nSPS) is 22.0. The predicted molar refractivity (Wildman–Crippen MR) is 80.7 cm³/mol. The first kappa shape index (κ1) is 14.4. The molecule has 0 saturated heterocycles. The van der Waals surface area contributed by atoms with Crippen LogP contribution in [0.3, 0.4) is 0 Å². The number of aromatic amines is 1. The number of aryl methyl sites for hydroxylation is 1. The fourth-order valence-electron chi connectivity index (χ4n) is 3.24. The smallest absolute Gasteiger partial charge is 0.152 e. The van der Waals surface area contributed by atoms with E-state index in [-0.39, 0.29) is 0 Å². The minimum Gasteiger partial charge on any atom is -0.460 e. The second-order valence-corrected chi connectivity index (χ2v) is 5.95. The number of nitrogens with zero attached hydrogens (tertiary/aromatic N) is 1. The van der Waals surface area contributed by atoms with Crippen LogP contribution < -0.4 is 5.32 Å². The van der Waals surface area contributed by atoms with E-state index in [9.17, 15) is 5.11 Å². The van der Waals surface area contributed by atoms with E-state index in [1.165, 1.54) is 12.8 Å². The highest BCUT2D eigenvalue weighted by Crippen LogP contribution is 2.30. The van der Waals surface area contributed by atoms with Gasteiger partial charge in [-0.1, -0.05) is 6.42 Å². The molecule has 0 radical (unpaired) electrons. The third kappa shape index (κ3) is 3.19. The Balaban J connectivity index is 1.58. The Morgan fingerprint density at radius 2 is 2.24 bits per heavy atom. The minimum absolute atomic E-state index is 0.314. The number of H-pyrrole nitrogens is 1. The Labute approximate surface area is 124 Å². The van der Waals surface area contributed by atoms with Crippen LogP contribution >= 0.6 is 0 Å². The molecule has 3 N–H and O–H groups in total. The highest BCUT2D eigenvalue weighted by Gasteiger charge is 2.26. The number of hydrogen-bond donors (Lipinski definition) is 3. The van der Waals surface area contributed by atoms with Crippen LogP contribution in [0.15, 0.2) is 22.7 Å². The molecule has 1 fully saturated rings. The van der Waals surface area contributed by atoms with Crippen molar-refractivity contribution in [2.45, 2.75) is 32.7 Å². The van der Waals surface area contributed by atoms with Crippen molar-refractivity contribution in [3.8, 4) is 11.5 Å². The van der Waals surface area contributed by atoms with Crippen LogP contribution in [0.4, 0.5) is 0 Å². The van der Waals surface area contributed by atoms with Crippen molar-refractivity contribution >= 4 is 0 Å². The second-order valence-electron chi connectivity index (χ2n) is 5.95. The maximum absolute atomic E-state index is 9.36. The molecule has 1 aliphatic carbocycles. The monoisotopic (exact) mass is 289 g/mol. The standard InChI is InChI=1S/C16H23N3O2/c1-11-5-6-15(21-11)16-14(9-18-19-16)8-17-7-12-3-2-4-13(12)10-20/h5-6,9,12-13,17,20H,2-4,7-8,10H2,1H3,(H,18,19). The fraction of sp³-hybridized carbons (Fsp3) is 0.562. The summed E-state index contributed by atoms with van der Waals surface area (Å²) < 4.78 is 5.65. The topological polar surface area (TPSA) is 74.1 Å². The first-order chi connectivity index (χ1) is 10.3. The molecule has 2 heterocycles. The average Bonchev–Trinajstić information content (AvgIpc) is 3.19. The van der Waals surface area contributed by atoms with E-state index >= 15 is 0 Å². The summed E-state index contributed by atoms with van der Waals surface area (Å²) in [6, 6.07) is 3.92. The molecule has 1 saturated carbocycles. The van der Waals surface area contributed by atoms with Gasteiger partial charge in [0.1, 0.15) is 11.5 Å². The quantitative estimate of drug-likeness (QED) is 0.764. The van der Waals surface area contributed by atoms with Crippen molar-refractivity contribution in [3.05, 3.63) is 29.7 Å². The molecule has 114 valence electrons. The van der Waals surface area contributed by atoms with Crippen LogP contribution in [0, 0.1) is 18.8 Å². The minimum atomic E-state index is 0.314. The van der Waals surface area contributed by atoms with E-state index in [0.717, 1.165) is 42.3 Å². The SMILES string of the molecule is Cc1ccc(-c2[nH]ncc2CNCC2CCCC2CO)o1. The van der Waals surface area contributed by atoms with Crippen molar-refractivity contribution in [1.29, 1.82) is 0 Å². The molecular weight excluding hydrogens is 266 g/mol. The summed E-state index contributed by atoms with van der Waals surface area (Å²) in [4.78, 5) is 0. The van der Waals surface area contributed by atoms with Crippen molar-refractivity contribution in [2.24, 2.45) is 11.8 Å². The Bertz CT molecular complexity index is 576. The Hall–Kier alpha value is -1.59. The molecule has 3 rings (SSSR count). The van der Waals surface area contributed by atoms with E-state index in [4.69, 9.17) is 4.42 Å². The molecule has 5 nitrogen and oxygen atoms in total. The number of aromatic nitrogens is 2. The summed E-state index contributed by atoms with van der Waals surface area (Å²) in [5, 5.41) is 20.0. The van der Waals surface area contributed by atoms with Gasteiger partial charge in [0, 0.05) is 18.7 Å². The third-order valence-electron chi connectivity index (χ3n) is 4.48. The number of hydrogen-bond acceptors (Lipinski definition) is 4. The lowest BCUT2D eigenvalue weighted by Crippen LogP contribution is -2.26. The van der Waals surface area contributed by atoms with Gasteiger partial charge in [-0.3, -0.25) is 5.10 Å². The lowest BCUT2D eigenvalue weighted by atomic mass is 9.97. The van der Waals surface area contributed by atoms with Gasteiger partial charge in [-0.05, 0) is 50.3 Å². The number of aliphatic hydroxyl groups excluding tert-OH is 1. The molecule has 0 aliphatic heterocycles. The Kier molecular flexibility index (Phi) is 4.41. The Morgan fingerprint density at radius 1 is 1.38 bits per heavy atom. The zero-order valence-corrected chi connectivity index (χ0v) is 12.4. The molecule has 1 aliphatic rings. The van der Waals surface area contributed by atoms with Gasteiger partial charge in [0.2, 0.25) is 0 Å². The van der Waals surface area contributed by atoms with Gasteiger partial charge in [0.05, 0.1) is 6.20 Å². The lowest BCUT2D eigenvalue weighted by molar-refractivity contribution is 0.192. The average molecular weight is 289 g/mol. The largest absolute Gasteiger partial charge is 0.460 e. The third-order valence-corrected chi connectivity index (χ3v) is 4.48. The van der Waals surface area contributed by atoms with E-state index in [0.29, 0.717) is 18.4 Å². The molecule has 2 aromatic heterocycles. The zero-order chi connectivity index (χ0) is 14.7. The maximum Gasteiger partial charge on any atom is 0.152 e. The summed E-state index contributed by atoms with van der Waals surface area (Å²) in [7, 11) is 0. The summed E-state index contributed by atoms with van der Waals surface area (Å²) >= 11 is 0. The highest BCUT2D eigenvalue weighted by atomic mass is 16.3. The van der Waals surface area contributed by atoms with Crippen molar-refractivity contribution in [1.82, 2.24) is 15.5 Å². The van der Waals surface area contributed by atoms with Crippen molar-refractivity contribution < 1.29 is 9.52 Å². The van der Waals surface area contributed by atoms with Gasteiger partial charge in [-0.2, -0.15) is 5.10 Å². The maximum atomic E-state index is 9.36. The molecule has 2 unspecified atom stereocenters. The van der Waals surface area contributed by atoms with E-state index in [1.54, 1.807) is 0 Å². The number of furan rings is 1. The first-order valence-electron chi connectivity index (χ1n) is 7.68. The van der Waals surface area contributed by atoms with Gasteiger partial charge in [-0.15, -0.1) is 0 Å². The first-order valence-corrected chi connectivity index (χ1v) is 7.68.